The van der Waals surface area contributed by atoms with Gasteiger partial charge in [-0.15, -0.1) is 0 Å². The summed E-state index contributed by atoms with van der Waals surface area (Å²) >= 11 is 2.27. The highest BCUT2D eigenvalue weighted by molar-refractivity contribution is 14.1. The molecule has 0 radical (unpaired) electrons. The first kappa shape index (κ1) is 13.3. The van der Waals surface area contributed by atoms with Crippen molar-refractivity contribution in [2.45, 2.75) is 27.3 Å². The molecular formula is C12H16IN5. The first-order chi connectivity index (χ1) is 8.65. The van der Waals surface area contributed by atoms with Crippen LogP contribution in [-0.2, 0) is 6.54 Å². The normalized spacial score (nSPS) is 10.7. The maximum absolute atomic E-state index is 4.56. The molecule has 0 fully saturated rings. The summed E-state index contributed by atoms with van der Waals surface area (Å²) in [6.45, 7) is 7.81. The van der Waals surface area contributed by atoms with Crippen molar-refractivity contribution < 1.29 is 0 Å². The van der Waals surface area contributed by atoms with Crippen molar-refractivity contribution in [2.24, 2.45) is 0 Å². The van der Waals surface area contributed by atoms with Gasteiger partial charge in [-0.2, -0.15) is 5.10 Å². The van der Waals surface area contributed by atoms with E-state index in [-0.39, 0.29) is 0 Å². The van der Waals surface area contributed by atoms with Crippen LogP contribution < -0.4 is 5.32 Å². The molecule has 2 heterocycles. The van der Waals surface area contributed by atoms with Gasteiger partial charge in [-0.1, -0.05) is 0 Å². The van der Waals surface area contributed by atoms with Gasteiger partial charge in [-0.3, -0.25) is 4.68 Å². The van der Waals surface area contributed by atoms with Gasteiger partial charge in [0, 0.05) is 19.3 Å². The zero-order valence-corrected chi connectivity index (χ0v) is 12.9. The van der Waals surface area contributed by atoms with Gasteiger partial charge in [0.05, 0.1) is 21.0 Å². The van der Waals surface area contributed by atoms with E-state index in [0.29, 0.717) is 0 Å². The van der Waals surface area contributed by atoms with Gasteiger partial charge < -0.3 is 5.32 Å². The van der Waals surface area contributed by atoms with Gasteiger partial charge in [0.2, 0.25) is 0 Å². The van der Waals surface area contributed by atoms with Gasteiger partial charge >= 0.3 is 0 Å². The number of nitrogens with zero attached hydrogens (tertiary/aromatic N) is 4. The van der Waals surface area contributed by atoms with E-state index in [1.54, 1.807) is 6.20 Å². The predicted molar refractivity (Wildman–Crippen MR) is 80.5 cm³/mol. The van der Waals surface area contributed by atoms with Crippen molar-refractivity contribution in [3.8, 4) is 11.4 Å². The van der Waals surface area contributed by atoms with Crippen LogP contribution in [0.2, 0.25) is 0 Å². The summed E-state index contributed by atoms with van der Waals surface area (Å²) in [6.07, 6.45) is 3.78. The third-order valence-corrected chi connectivity index (χ3v) is 3.87. The number of aromatic nitrogens is 4. The van der Waals surface area contributed by atoms with Gasteiger partial charge in [-0.25, -0.2) is 9.97 Å². The molecule has 0 amide bonds. The molecule has 0 bridgehead atoms. The Balaban J connectivity index is 2.44. The number of hydrogen-bond acceptors (Lipinski definition) is 4. The van der Waals surface area contributed by atoms with Crippen LogP contribution in [0.15, 0.2) is 12.4 Å². The Labute approximate surface area is 120 Å². The van der Waals surface area contributed by atoms with Crippen LogP contribution in [-0.4, -0.2) is 26.3 Å². The Hall–Kier alpha value is -1.18. The largest absolute Gasteiger partial charge is 0.369 e. The lowest BCUT2D eigenvalue weighted by Crippen LogP contribution is -2.06. The highest BCUT2D eigenvalue weighted by Crippen LogP contribution is 2.23. The molecule has 6 heteroatoms. The summed E-state index contributed by atoms with van der Waals surface area (Å²) in [6, 6.07) is 0. The third kappa shape index (κ3) is 2.63. The lowest BCUT2D eigenvalue weighted by molar-refractivity contribution is 0.660. The monoisotopic (exact) mass is 357 g/mol. The highest BCUT2D eigenvalue weighted by Gasteiger charge is 2.11. The molecule has 0 spiro atoms. The molecule has 18 heavy (non-hydrogen) atoms. The smallest absolute Gasteiger partial charge is 0.165 e. The molecular weight excluding hydrogens is 341 g/mol. The summed E-state index contributed by atoms with van der Waals surface area (Å²) in [4.78, 5) is 9.08. The minimum Gasteiger partial charge on any atom is -0.369 e. The van der Waals surface area contributed by atoms with Crippen LogP contribution in [0.4, 0.5) is 5.82 Å². The van der Waals surface area contributed by atoms with Crippen LogP contribution in [0.3, 0.4) is 0 Å². The van der Waals surface area contributed by atoms with Gasteiger partial charge in [0.25, 0.3) is 0 Å². The molecule has 0 atom stereocenters. The molecule has 2 aromatic heterocycles. The van der Waals surface area contributed by atoms with Crippen LogP contribution in [0.25, 0.3) is 11.4 Å². The van der Waals surface area contributed by atoms with E-state index in [4.69, 9.17) is 0 Å². The van der Waals surface area contributed by atoms with Crippen LogP contribution in [0.1, 0.15) is 19.5 Å². The second-order valence-corrected chi connectivity index (χ2v) is 4.99. The highest BCUT2D eigenvalue weighted by atomic mass is 127. The predicted octanol–water partition coefficient (Wildman–Crippen LogP) is 2.70. The Morgan fingerprint density at radius 1 is 1.33 bits per heavy atom. The number of hydrogen-bond donors (Lipinski definition) is 1. The molecule has 2 aromatic rings. The standard InChI is InChI=1S/C12H16IN5/c1-4-14-12-10(13)8(3)16-11(17-12)9-6-15-18(5-2)7-9/h6-7H,4-5H2,1-3H3,(H,14,16,17). The van der Waals surface area contributed by atoms with E-state index >= 15 is 0 Å². The molecule has 0 aliphatic carbocycles. The van der Waals surface area contributed by atoms with E-state index in [2.05, 4.69) is 56.8 Å². The van der Waals surface area contributed by atoms with Crippen LogP contribution in [0, 0.1) is 10.5 Å². The zero-order valence-electron chi connectivity index (χ0n) is 10.7. The quantitative estimate of drug-likeness (QED) is 0.855. The zero-order chi connectivity index (χ0) is 13.1. The Bertz CT molecular complexity index is 549. The average Bonchev–Trinajstić information content (AvgIpc) is 2.83. The first-order valence-electron chi connectivity index (χ1n) is 5.96. The molecule has 0 saturated carbocycles. The molecule has 0 aliphatic rings. The number of halogens is 1. The number of anilines is 1. The second-order valence-electron chi connectivity index (χ2n) is 3.91. The van der Waals surface area contributed by atoms with E-state index in [1.807, 2.05) is 17.8 Å². The lowest BCUT2D eigenvalue weighted by Gasteiger charge is -2.08. The van der Waals surface area contributed by atoms with Gasteiger partial charge in [0.15, 0.2) is 5.82 Å². The summed E-state index contributed by atoms with van der Waals surface area (Å²) in [5, 5.41) is 7.51. The molecule has 2 rings (SSSR count). The first-order valence-corrected chi connectivity index (χ1v) is 7.04. The summed E-state index contributed by atoms with van der Waals surface area (Å²) in [5.74, 6) is 1.62. The summed E-state index contributed by atoms with van der Waals surface area (Å²) in [5.41, 5.74) is 1.94. The average molecular weight is 357 g/mol. The molecule has 5 nitrogen and oxygen atoms in total. The Morgan fingerprint density at radius 3 is 2.72 bits per heavy atom. The Morgan fingerprint density at radius 2 is 2.11 bits per heavy atom. The third-order valence-electron chi connectivity index (χ3n) is 2.58. The minimum atomic E-state index is 0.726. The topological polar surface area (TPSA) is 55.6 Å². The van der Waals surface area contributed by atoms with E-state index in [9.17, 15) is 0 Å². The minimum absolute atomic E-state index is 0.726. The van der Waals surface area contributed by atoms with Crippen molar-refractivity contribution in [2.75, 3.05) is 11.9 Å². The maximum Gasteiger partial charge on any atom is 0.165 e. The molecule has 0 saturated heterocycles. The van der Waals surface area contributed by atoms with Gasteiger partial charge in [0.1, 0.15) is 5.82 Å². The fourth-order valence-corrected chi connectivity index (χ4v) is 2.06. The van der Waals surface area contributed by atoms with Gasteiger partial charge in [-0.05, 0) is 43.4 Å². The van der Waals surface area contributed by atoms with E-state index in [1.165, 1.54) is 0 Å². The van der Waals surface area contributed by atoms with E-state index < -0.39 is 0 Å². The van der Waals surface area contributed by atoms with Crippen molar-refractivity contribution in [3.63, 3.8) is 0 Å². The number of nitrogens with one attached hydrogen (secondary N) is 1. The Kier molecular flexibility index (Phi) is 4.15. The van der Waals surface area contributed by atoms with Crippen molar-refractivity contribution >= 4 is 28.4 Å². The van der Waals surface area contributed by atoms with Crippen molar-refractivity contribution in [1.82, 2.24) is 19.7 Å². The maximum atomic E-state index is 4.56. The SMILES string of the molecule is CCNc1nc(-c2cnn(CC)c2)nc(C)c1I. The summed E-state index contributed by atoms with van der Waals surface area (Å²) < 4.78 is 2.94. The molecule has 0 aliphatic heterocycles. The molecule has 0 unspecified atom stereocenters. The van der Waals surface area contributed by atoms with Crippen LogP contribution >= 0.6 is 22.6 Å². The molecule has 0 aromatic carbocycles. The second kappa shape index (κ2) is 5.64. The van der Waals surface area contributed by atoms with Crippen molar-refractivity contribution in [3.05, 3.63) is 21.7 Å². The van der Waals surface area contributed by atoms with Crippen molar-refractivity contribution in [1.29, 1.82) is 0 Å². The fraction of sp³-hybridized carbons (Fsp3) is 0.417. The molecule has 1 N–H and O–H groups in total. The van der Waals surface area contributed by atoms with E-state index in [0.717, 1.165) is 39.6 Å². The molecule has 96 valence electrons. The van der Waals surface area contributed by atoms with Crippen LogP contribution in [0.5, 0.6) is 0 Å². The lowest BCUT2D eigenvalue weighted by atomic mass is 10.3. The number of rotatable bonds is 4. The fourth-order valence-electron chi connectivity index (χ4n) is 1.62. The number of aryl methyl sites for hydroxylation is 2. The summed E-state index contributed by atoms with van der Waals surface area (Å²) in [7, 11) is 0.